The molecule has 0 saturated heterocycles. The van der Waals surface area contributed by atoms with Gasteiger partial charge in [-0.2, -0.15) is 0 Å². The van der Waals surface area contributed by atoms with Gasteiger partial charge in [0.05, 0.1) is 11.5 Å². The molecule has 2 atom stereocenters. The summed E-state index contributed by atoms with van der Waals surface area (Å²) in [4.78, 5) is 14.4. The molecule has 6 heteroatoms. The smallest absolute Gasteiger partial charge is 0.269 e. The number of nitrogens with zero attached hydrogens (tertiary/aromatic N) is 2. The summed E-state index contributed by atoms with van der Waals surface area (Å²) in [5, 5.41) is 20.8. The molecule has 2 aromatic rings. The third-order valence-electron chi connectivity index (χ3n) is 3.46. The van der Waals surface area contributed by atoms with E-state index in [-0.39, 0.29) is 12.2 Å². The Morgan fingerprint density at radius 1 is 1.14 bits per heavy atom. The number of rotatable bonds is 3. The van der Waals surface area contributed by atoms with Crippen LogP contribution in [0, 0.1) is 10.1 Å². The number of nitro benzene ring substituents is 1. The van der Waals surface area contributed by atoms with Crippen molar-refractivity contribution >= 4 is 11.6 Å². The summed E-state index contributed by atoms with van der Waals surface area (Å²) in [6, 6.07) is 15.4. The molecular formula is C16H14N2O4. The van der Waals surface area contributed by atoms with Gasteiger partial charge in [-0.1, -0.05) is 30.3 Å². The molecule has 1 aliphatic heterocycles. The van der Waals surface area contributed by atoms with E-state index in [0.717, 1.165) is 5.56 Å². The average Bonchev–Trinajstić information content (AvgIpc) is 2.56. The van der Waals surface area contributed by atoms with E-state index in [1.807, 2.05) is 30.3 Å². The van der Waals surface area contributed by atoms with Crippen LogP contribution in [0.4, 0.5) is 5.69 Å². The molecule has 0 aliphatic carbocycles. The van der Waals surface area contributed by atoms with E-state index in [0.29, 0.717) is 11.5 Å². The second-order valence-electron chi connectivity index (χ2n) is 4.97. The lowest BCUT2D eigenvalue weighted by Crippen LogP contribution is -2.31. The van der Waals surface area contributed by atoms with Crippen LogP contribution < -0.4 is 0 Å². The molecule has 22 heavy (non-hydrogen) atoms. The summed E-state index contributed by atoms with van der Waals surface area (Å²) in [6.45, 7) is 0.228. The minimum atomic E-state index is -0.718. The third kappa shape index (κ3) is 2.82. The van der Waals surface area contributed by atoms with Crippen molar-refractivity contribution in [1.29, 1.82) is 0 Å². The molecule has 2 aromatic carbocycles. The molecule has 0 amide bonds. The van der Waals surface area contributed by atoms with Crippen molar-refractivity contribution in [3.8, 4) is 0 Å². The Morgan fingerprint density at radius 2 is 1.82 bits per heavy atom. The molecule has 0 fully saturated rings. The summed E-state index contributed by atoms with van der Waals surface area (Å²) in [5.41, 5.74) is 1.53. The molecule has 2 unspecified atom stereocenters. The summed E-state index contributed by atoms with van der Waals surface area (Å²) in [6.07, 6.45) is -1.21. The Morgan fingerprint density at radius 3 is 2.45 bits per heavy atom. The molecule has 0 bridgehead atoms. The van der Waals surface area contributed by atoms with E-state index in [1.165, 1.54) is 12.1 Å². The molecule has 6 nitrogen and oxygen atoms in total. The van der Waals surface area contributed by atoms with Crippen LogP contribution >= 0.6 is 0 Å². The molecular weight excluding hydrogens is 284 g/mol. The maximum atomic E-state index is 10.7. The Bertz CT molecular complexity index is 698. The van der Waals surface area contributed by atoms with Crippen molar-refractivity contribution < 1.29 is 14.8 Å². The molecule has 3 rings (SSSR count). The number of aliphatic imine (C=N–C) groups is 1. The first kappa shape index (κ1) is 14.2. The summed E-state index contributed by atoms with van der Waals surface area (Å²) in [5.74, 6) is 0.383. The number of aliphatic hydroxyl groups excluding tert-OH is 1. The lowest BCUT2D eigenvalue weighted by atomic mass is 10.0. The topological polar surface area (TPSA) is 85.0 Å². The largest absolute Gasteiger partial charge is 0.466 e. The number of hydrogen-bond donors (Lipinski definition) is 1. The van der Waals surface area contributed by atoms with Crippen LogP contribution in [-0.2, 0) is 4.74 Å². The molecule has 1 N–H and O–H groups in total. The van der Waals surface area contributed by atoms with Crippen LogP contribution in [0.25, 0.3) is 0 Å². The van der Waals surface area contributed by atoms with Gasteiger partial charge < -0.3 is 9.84 Å². The van der Waals surface area contributed by atoms with Crippen LogP contribution in [0.5, 0.6) is 0 Å². The number of hydrogen-bond acceptors (Lipinski definition) is 5. The predicted octanol–water partition coefficient (Wildman–Crippen LogP) is 2.47. The molecule has 0 spiro atoms. The van der Waals surface area contributed by atoms with Gasteiger partial charge >= 0.3 is 0 Å². The van der Waals surface area contributed by atoms with Crippen molar-refractivity contribution in [3.63, 3.8) is 0 Å². The third-order valence-corrected chi connectivity index (χ3v) is 3.46. The van der Waals surface area contributed by atoms with E-state index in [1.54, 1.807) is 12.1 Å². The molecule has 1 aliphatic rings. The van der Waals surface area contributed by atoms with Gasteiger partial charge in [-0.15, -0.1) is 0 Å². The average molecular weight is 298 g/mol. The van der Waals surface area contributed by atoms with Gasteiger partial charge in [-0.3, -0.25) is 10.1 Å². The van der Waals surface area contributed by atoms with Crippen molar-refractivity contribution in [2.24, 2.45) is 4.99 Å². The monoisotopic (exact) mass is 298 g/mol. The number of non-ortho nitro benzene ring substituents is 1. The summed E-state index contributed by atoms with van der Waals surface area (Å²) >= 11 is 0. The molecule has 1 heterocycles. The zero-order valence-corrected chi connectivity index (χ0v) is 11.6. The molecule has 0 saturated carbocycles. The molecule has 0 radical (unpaired) electrons. The fraction of sp³-hybridized carbons (Fsp3) is 0.188. The maximum Gasteiger partial charge on any atom is 0.269 e. The van der Waals surface area contributed by atoms with E-state index in [2.05, 4.69) is 4.99 Å². The number of benzene rings is 2. The fourth-order valence-corrected chi connectivity index (χ4v) is 2.33. The van der Waals surface area contributed by atoms with Crippen LogP contribution in [-0.4, -0.2) is 28.6 Å². The van der Waals surface area contributed by atoms with Crippen LogP contribution in [0.15, 0.2) is 59.6 Å². The number of aliphatic hydroxyl groups is 1. The highest BCUT2D eigenvalue weighted by Crippen LogP contribution is 2.27. The highest BCUT2D eigenvalue weighted by atomic mass is 16.6. The lowest BCUT2D eigenvalue weighted by molar-refractivity contribution is -0.384. The predicted molar refractivity (Wildman–Crippen MR) is 80.8 cm³/mol. The second kappa shape index (κ2) is 5.95. The van der Waals surface area contributed by atoms with Crippen molar-refractivity contribution in [2.75, 3.05) is 6.54 Å². The Labute approximate surface area is 126 Å². The minimum absolute atomic E-state index is 0.0137. The van der Waals surface area contributed by atoms with Crippen LogP contribution in [0.3, 0.4) is 0 Å². The Kier molecular flexibility index (Phi) is 3.84. The number of nitro groups is 1. The highest BCUT2D eigenvalue weighted by Gasteiger charge is 2.28. The SMILES string of the molecule is O=[N+]([O-])c1ccc(C2=NCC(O)C(c3ccccc3)O2)cc1. The van der Waals surface area contributed by atoms with Gasteiger partial charge in [-0.25, -0.2) is 4.99 Å². The van der Waals surface area contributed by atoms with Gasteiger partial charge in [0.25, 0.3) is 5.69 Å². The van der Waals surface area contributed by atoms with Crippen molar-refractivity contribution in [2.45, 2.75) is 12.2 Å². The quantitative estimate of drug-likeness (QED) is 0.696. The van der Waals surface area contributed by atoms with Crippen LogP contribution in [0.2, 0.25) is 0 Å². The highest BCUT2D eigenvalue weighted by molar-refractivity contribution is 5.94. The zero-order valence-electron chi connectivity index (χ0n) is 11.6. The van der Waals surface area contributed by atoms with Gasteiger partial charge in [0, 0.05) is 17.7 Å². The van der Waals surface area contributed by atoms with Gasteiger partial charge in [0.15, 0.2) is 6.10 Å². The summed E-state index contributed by atoms with van der Waals surface area (Å²) in [7, 11) is 0. The first-order chi connectivity index (χ1) is 10.6. The first-order valence-corrected chi connectivity index (χ1v) is 6.84. The maximum absolute atomic E-state index is 10.7. The van der Waals surface area contributed by atoms with Crippen LogP contribution in [0.1, 0.15) is 17.2 Å². The van der Waals surface area contributed by atoms with Gasteiger partial charge in [0.1, 0.15) is 6.10 Å². The normalized spacial score (nSPS) is 20.9. The van der Waals surface area contributed by atoms with Gasteiger partial charge in [-0.05, 0) is 17.7 Å². The second-order valence-corrected chi connectivity index (χ2v) is 4.97. The first-order valence-electron chi connectivity index (χ1n) is 6.84. The molecule has 0 aromatic heterocycles. The van der Waals surface area contributed by atoms with E-state index >= 15 is 0 Å². The zero-order chi connectivity index (χ0) is 15.5. The number of ether oxygens (including phenoxy) is 1. The standard InChI is InChI=1S/C16H14N2O4/c19-14-10-17-16(12-6-8-13(9-7-12)18(20)21)22-15(14)11-4-2-1-3-5-11/h1-9,14-15,19H,10H2. The van der Waals surface area contributed by atoms with Crippen molar-refractivity contribution in [3.05, 3.63) is 75.8 Å². The summed E-state index contributed by atoms with van der Waals surface area (Å²) < 4.78 is 5.80. The van der Waals surface area contributed by atoms with E-state index < -0.39 is 17.1 Å². The van der Waals surface area contributed by atoms with E-state index in [9.17, 15) is 15.2 Å². The van der Waals surface area contributed by atoms with Gasteiger partial charge in [0.2, 0.25) is 5.90 Å². The Balaban J connectivity index is 1.84. The minimum Gasteiger partial charge on any atom is -0.466 e. The lowest BCUT2D eigenvalue weighted by Gasteiger charge is -2.28. The Hall–Kier alpha value is -2.73. The fourth-order valence-electron chi connectivity index (χ4n) is 2.33. The van der Waals surface area contributed by atoms with Crippen molar-refractivity contribution in [1.82, 2.24) is 0 Å². The molecule has 112 valence electrons. The van der Waals surface area contributed by atoms with E-state index in [4.69, 9.17) is 4.74 Å².